The van der Waals surface area contributed by atoms with Crippen molar-refractivity contribution in [1.82, 2.24) is 0 Å². The van der Waals surface area contributed by atoms with Gasteiger partial charge in [0.05, 0.1) is 5.56 Å². The summed E-state index contributed by atoms with van der Waals surface area (Å²) in [5, 5.41) is 18.4. The Morgan fingerprint density at radius 2 is 1.84 bits per heavy atom. The van der Waals surface area contributed by atoms with E-state index >= 15 is 0 Å². The number of phenols is 1. The molecule has 0 spiro atoms. The zero-order chi connectivity index (χ0) is 14.0. The van der Waals surface area contributed by atoms with Crippen LogP contribution in [0, 0.1) is 0 Å². The molecular weight excluding hydrogens is 248 g/mol. The van der Waals surface area contributed by atoms with Gasteiger partial charge in [0.1, 0.15) is 11.3 Å². The molecule has 0 radical (unpaired) electrons. The Balaban J connectivity index is 2.39. The molecule has 19 heavy (non-hydrogen) atoms. The smallest absolute Gasteiger partial charge is 0.339 e. The highest BCUT2D eigenvalue weighted by molar-refractivity contribution is 6.22. The van der Waals surface area contributed by atoms with Crippen LogP contribution in [0.1, 0.15) is 16.8 Å². The molecule has 0 atom stereocenters. The number of carboxylic acids is 1. The predicted octanol–water partition coefficient (Wildman–Crippen LogP) is 1.49. The van der Waals surface area contributed by atoms with Crippen molar-refractivity contribution < 1.29 is 24.6 Å². The largest absolute Gasteiger partial charge is 0.507 e. The first-order valence-corrected chi connectivity index (χ1v) is 5.51. The van der Waals surface area contributed by atoms with Crippen molar-refractivity contribution in [2.45, 2.75) is 6.42 Å². The maximum absolute atomic E-state index is 12.1. The number of hydrogen-bond acceptors (Lipinski definition) is 4. The number of carbonyl (C=O) groups is 3. The van der Waals surface area contributed by atoms with Crippen LogP contribution in [0.3, 0.4) is 0 Å². The first-order chi connectivity index (χ1) is 9.00. The summed E-state index contributed by atoms with van der Waals surface area (Å²) in [6.45, 7) is 0. The van der Waals surface area contributed by atoms with Crippen molar-refractivity contribution in [3.05, 3.63) is 53.1 Å². The third kappa shape index (κ3) is 2.44. The lowest BCUT2D eigenvalue weighted by atomic mass is 9.93. The van der Waals surface area contributed by atoms with Crippen molar-refractivity contribution in [3.63, 3.8) is 0 Å². The number of rotatable bonds is 3. The van der Waals surface area contributed by atoms with Gasteiger partial charge < -0.3 is 10.2 Å². The van der Waals surface area contributed by atoms with E-state index in [0.717, 1.165) is 6.08 Å². The third-order valence-electron chi connectivity index (χ3n) is 2.75. The van der Waals surface area contributed by atoms with E-state index in [2.05, 4.69) is 0 Å². The number of Topliss-reactive ketones (excluding diaryl/α,β-unsaturated/α-hetero) is 2. The number of carbonyl (C=O) groups excluding carboxylic acids is 2. The zero-order valence-electron chi connectivity index (χ0n) is 9.79. The Bertz CT molecular complexity index is 637. The monoisotopic (exact) mass is 258 g/mol. The molecule has 1 aromatic carbocycles. The Labute approximate surface area is 108 Å². The van der Waals surface area contributed by atoms with Gasteiger partial charge in [-0.3, -0.25) is 9.59 Å². The van der Waals surface area contributed by atoms with Crippen molar-refractivity contribution in [3.8, 4) is 5.75 Å². The van der Waals surface area contributed by atoms with E-state index in [1.54, 1.807) is 12.1 Å². The number of carboxylic acid groups (broad SMARTS) is 1. The number of para-hydroxylation sites is 1. The minimum absolute atomic E-state index is 0.0732. The molecule has 0 unspecified atom stereocenters. The van der Waals surface area contributed by atoms with Gasteiger partial charge in [-0.2, -0.15) is 0 Å². The van der Waals surface area contributed by atoms with E-state index in [4.69, 9.17) is 5.11 Å². The second-order valence-corrected chi connectivity index (χ2v) is 4.00. The van der Waals surface area contributed by atoms with E-state index in [-0.39, 0.29) is 23.3 Å². The number of phenolic OH excluding ortho intramolecular Hbond substituents is 1. The quantitative estimate of drug-likeness (QED) is 0.633. The van der Waals surface area contributed by atoms with Gasteiger partial charge in [0, 0.05) is 12.0 Å². The molecule has 0 aliphatic heterocycles. The number of benzene rings is 1. The lowest BCUT2D eigenvalue weighted by Gasteiger charge is -2.10. The van der Waals surface area contributed by atoms with E-state index in [1.807, 2.05) is 0 Å². The molecule has 2 rings (SSSR count). The molecule has 1 aromatic rings. The Morgan fingerprint density at radius 1 is 1.16 bits per heavy atom. The maximum atomic E-state index is 12.1. The number of allylic oxidation sites excluding steroid dienone is 3. The van der Waals surface area contributed by atoms with E-state index in [9.17, 15) is 19.5 Å². The normalized spacial score (nSPS) is 14.6. The SMILES string of the molecule is O=C(O)C1=CC(C(=O)c2ccccc2O)=CCC1=O. The van der Waals surface area contributed by atoms with Crippen LogP contribution in [0.4, 0.5) is 0 Å². The summed E-state index contributed by atoms with van der Waals surface area (Å²) in [7, 11) is 0. The highest BCUT2D eigenvalue weighted by Crippen LogP contribution is 2.23. The molecule has 1 aliphatic rings. The first kappa shape index (κ1) is 12.8. The number of hydrogen-bond donors (Lipinski definition) is 2. The maximum Gasteiger partial charge on any atom is 0.339 e. The average molecular weight is 258 g/mol. The average Bonchev–Trinajstić information content (AvgIpc) is 2.38. The molecular formula is C14H10O5. The standard InChI is InChI=1S/C14H10O5/c15-11-4-2-1-3-9(11)13(17)8-5-6-12(16)10(7-8)14(18)19/h1-5,7,15H,6H2,(H,18,19). The zero-order valence-corrected chi connectivity index (χ0v) is 9.79. The van der Waals surface area contributed by atoms with Gasteiger partial charge in [-0.05, 0) is 18.2 Å². The molecule has 5 heteroatoms. The molecule has 2 N–H and O–H groups in total. The van der Waals surface area contributed by atoms with E-state index in [0.29, 0.717) is 0 Å². The molecule has 0 saturated heterocycles. The second kappa shape index (κ2) is 4.89. The van der Waals surface area contributed by atoms with Crippen LogP contribution in [-0.4, -0.2) is 27.7 Å². The molecule has 1 aliphatic carbocycles. The van der Waals surface area contributed by atoms with Gasteiger partial charge in [0.25, 0.3) is 0 Å². The lowest BCUT2D eigenvalue weighted by molar-refractivity contribution is -0.134. The van der Waals surface area contributed by atoms with Crippen LogP contribution in [-0.2, 0) is 9.59 Å². The fourth-order valence-corrected chi connectivity index (χ4v) is 1.77. The van der Waals surface area contributed by atoms with Crippen LogP contribution >= 0.6 is 0 Å². The van der Waals surface area contributed by atoms with E-state index < -0.39 is 23.1 Å². The minimum atomic E-state index is -1.36. The van der Waals surface area contributed by atoms with Crippen molar-refractivity contribution in [2.24, 2.45) is 0 Å². The molecule has 0 bridgehead atoms. The van der Waals surface area contributed by atoms with Gasteiger partial charge >= 0.3 is 5.97 Å². The molecule has 0 fully saturated rings. The van der Waals surface area contributed by atoms with E-state index in [1.165, 1.54) is 18.2 Å². The Kier molecular flexibility index (Phi) is 3.29. The van der Waals surface area contributed by atoms with Crippen molar-refractivity contribution >= 4 is 17.5 Å². The highest BCUT2D eigenvalue weighted by Gasteiger charge is 2.24. The Hall–Kier alpha value is -2.69. The minimum Gasteiger partial charge on any atom is -0.507 e. The van der Waals surface area contributed by atoms with Gasteiger partial charge in [0.2, 0.25) is 0 Å². The summed E-state index contributed by atoms with van der Waals surface area (Å²) in [4.78, 5) is 34.3. The van der Waals surface area contributed by atoms with Gasteiger partial charge in [0.15, 0.2) is 11.6 Å². The first-order valence-electron chi connectivity index (χ1n) is 5.51. The molecule has 0 heterocycles. The second-order valence-electron chi connectivity index (χ2n) is 4.00. The summed E-state index contributed by atoms with van der Waals surface area (Å²) < 4.78 is 0. The van der Waals surface area contributed by atoms with Gasteiger partial charge in [-0.1, -0.05) is 18.2 Å². The number of aromatic hydroxyl groups is 1. The molecule has 0 amide bonds. The summed E-state index contributed by atoms with van der Waals surface area (Å²) in [5.41, 5.74) is -0.246. The predicted molar refractivity (Wildman–Crippen MR) is 65.9 cm³/mol. The number of ketones is 2. The van der Waals surface area contributed by atoms with Crippen LogP contribution in [0.25, 0.3) is 0 Å². The van der Waals surface area contributed by atoms with Gasteiger partial charge in [-0.25, -0.2) is 4.79 Å². The summed E-state index contributed by atoms with van der Waals surface area (Å²) in [6.07, 6.45) is 2.28. The van der Waals surface area contributed by atoms with Crippen LogP contribution in [0.2, 0.25) is 0 Å². The topological polar surface area (TPSA) is 91.7 Å². The summed E-state index contributed by atoms with van der Waals surface area (Å²) >= 11 is 0. The summed E-state index contributed by atoms with van der Waals surface area (Å²) in [6, 6.07) is 5.96. The van der Waals surface area contributed by atoms with Crippen LogP contribution in [0.15, 0.2) is 47.6 Å². The van der Waals surface area contributed by atoms with Crippen molar-refractivity contribution in [1.29, 1.82) is 0 Å². The molecule has 96 valence electrons. The number of aliphatic carboxylic acids is 1. The molecule has 0 aromatic heterocycles. The van der Waals surface area contributed by atoms with Crippen LogP contribution < -0.4 is 0 Å². The molecule has 0 saturated carbocycles. The fourth-order valence-electron chi connectivity index (χ4n) is 1.77. The summed E-state index contributed by atoms with van der Waals surface area (Å²) in [5.74, 6) is -2.60. The lowest BCUT2D eigenvalue weighted by Crippen LogP contribution is -2.17. The van der Waals surface area contributed by atoms with Crippen molar-refractivity contribution in [2.75, 3.05) is 0 Å². The van der Waals surface area contributed by atoms with Crippen LogP contribution in [0.5, 0.6) is 5.75 Å². The molecule has 5 nitrogen and oxygen atoms in total. The Morgan fingerprint density at radius 3 is 2.47 bits per heavy atom. The van der Waals surface area contributed by atoms with Gasteiger partial charge in [-0.15, -0.1) is 0 Å². The highest BCUT2D eigenvalue weighted by atomic mass is 16.4. The fraction of sp³-hybridized carbons (Fsp3) is 0.0714. The third-order valence-corrected chi connectivity index (χ3v) is 2.75.